The van der Waals surface area contributed by atoms with Crippen LogP contribution in [-0.4, -0.2) is 25.1 Å². The van der Waals surface area contributed by atoms with Gasteiger partial charge >= 0.3 is 5.97 Å². The molecule has 0 bridgehead atoms. The largest absolute Gasteiger partial charge is 0.494 e. The normalized spacial score (nSPS) is 18.9. The number of benzene rings is 2. The van der Waals surface area contributed by atoms with Crippen molar-refractivity contribution in [3.63, 3.8) is 0 Å². The van der Waals surface area contributed by atoms with E-state index >= 15 is 0 Å². The molecule has 2 aromatic carbocycles. The van der Waals surface area contributed by atoms with Crippen LogP contribution < -0.4 is 9.64 Å². The average Bonchev–Trinajstić information content (AvgIpc) is 3.10. The lowest BCUT2D eigenvalue weighted by molar-refractivity contribution is -0.136. The Kier molecular flexibility index (Phi) is 4.90. The molecule has 0 radical (unpaired) electrons. The van der Waals surface area contributed by atoms with E-state index in [1.807, 2.05) is 55.5 Å². The third-order valence-electron chi connectivity index (χ3n) is 5.31. The molecule has 0 aliphatic carbocycles. The van der Waals surface area contributed by atoms with Crippen LogP contribution >= 0.6 is 0 Å². The second kappa shape index (κ2) is 7.50. The zero-order chi connectivity index (χ0) is 19.7. The van der Waals surface area contributed by atoms with E-state index < -0.39 is 0 Å². The summed E-state index contributed by atoms with van der Waals surface area (Å²) in [6.07, 6.45) is 1.13. The van der Waals surface area contributed by atoms with Crippen molar-refractivity contribution in [1.82, 2.24) is 0 Å². The number of ether oxygens (including phenoxy) is 2. The van der Waals surface area contributed by atoms with E-state index in [-0.39, 0.29) is 30.8 Å². The van der Waals surface area contributed by atoms with Crippen molar-refractivity contribution in [2.45, 2.75) is 32.6 Å². The molecule has 1 atom stereocenters. The molecule has 2 aliphatic heterocycles. The minimum absolute atomic E-state index is 0.0439. The smallest absolute Gasteiger partial charge is 0.336 e. The highest BCUT2D eigenvalue weighted by Crippen LogP contribution is 2.44. The van der Waals surface area contributed by atoms with Gasteiger partial charge in [0.25, 0.3) is 0 Å². The molecule has 0 aromatic heterocycles. The predicted molar refractivity (Wildman–Crippen MR) is 106 cm³/mol. The van der Waals surface area contributed by atoms with E-state index in [1.165, 1.54) is 5.56 Å². The highest BCUT2D eigenvalue weighted by molar-refractivity contribution is 6.06. The van der Waals surface area contributed by atoms with E-state index in [2.05, 4.69) is 6.92 Å². The Morgan fingerprint density at radius 3 is 2.54 bits per heavy atom. The lowest BCUT2D eigenvalue weighted by atomic mass is 9.83. The van der Waals surface area contributed by atoms with Crippen LogP contribution in [0.25, 0.3) is 0 Å². The van der Waals surface area contributed by atoms with Gasteiger partial charge in [-0.15, -0.1) is 0 Å². The number of nitrogens with zero attached hydrogens (tertiary/aromatic N) is 1. The molecule has 2 heterocycles. The van der Waals surface area contributed by atoms with E-state index in [4.69, 9.17) is 9.47 Å². The standard InChI is InChI=1S/C23H23NO4/c1-3-15-9-11-16(12-10-15)24-19-14-28-23(26)22(19)18(13-21(24)25)17-7-5-6-8-20(17)27-4-2/h5-12,18H,3-4,13-14H2,1-2H3. The monoisotopic (exact) mass is 377 g/mol. The van der Waals surface area contributed by atoms with Crippen molar-refractivity contribution in [3.05, 3.63) is 70.9 Å². The maximum absolute atomic E-state index is 13.1. The third-order valence-corrected chi connectivity index (χ3v) is 5.31. The maximum Gasteiger partial charge on any atom is 0.336 e. The van der Waals surface area contributed by atoms with Crippen LogP contribution in [0, 0.1) is 0 Å². The summed E-state index contributed by atoms with van der Waals surface area (Å²) >= 11 is 0. The Morgan fingerprint density at radius 1 is 1.07 bits per heavy atom. The van der Waals surface area contributed by atoms with E-state index in [9.17, 15) is 9.59 Å². The van der Waals surface area contributed by atoms with Gasteiger partial charge in [-0.2, -0.15) is 0 Å². The van der Waals surface area contributed by atoms with Gasteiger partial charge < -0.3 is 9.47 Å². The van der Waals surface area contributed by atoms with Crippen LogP contribution in [0.3, 0.4) is 0 Å². The second-order valence-corrected chi connectivity index (χ2v) is 6.91. The van der Waals surface area contributed by atoms with E-state index in [0.29, 0.717) is 23.6 Å². The van der Waals surface area contributed by atoms with Crippen molar-refractivity contribution in [3.8, 4) is 5.75 Å². The number of aryl methyl sites for hydroxylation is 1. The van der Waals surface area contributed by atoms with Gasteiger partial charge in [0, 0.05) is 23.6 Å². The van der Waals surface area contributed by atoms with Crippen LogP contribution in [0.1, 0.15) is 37.3 Å². The number of esters is 1. The molecular formula is C23H23NO4. The second-order valence-electron chi connectivity index (χ2n) is 6.91. The van der Waals surface area contributed by atoms with Gasteiger partial charge in [-0.25, -0.2) is 4.79 Å². The molecule has 2 aromatic rings. The van der Waals surface area contributed by atoms with Gasteiger partial charge in [-0.3, -0.25) is 9.69 Å². The fourth-order valence-corrected chi connectivity index (χ4v) is 3.96. The highest BCUT2D eigenvalue weighted by atomic mass is 16.5. The molecule has 1 amide bonds. The van der Waals surface area contributed by atoms with Gasteiger partial charge in [0.05, 0.1) is 17.9 Å². The summed E-state index contributed by atoms with van der Waals surface area (Å²) in [5, 5.41) is 0. The number of anilines is 1. The summed E-state index contributed by atoms with van der Waals surface area (Å²) in [4.78, 5) is 27.4. The van der Waals surface area contributed by atoms with Gasteiger partial charge in [0.2, 0.25) is 5.91 Å². The van der Waals surface area contributed by atoms with Crippen molar-refractivity contribution >= 4 is 17.6 Å². The Balaban J connectivity index is 1.80. The summed E-state index contributed by atoms with van der Waals surface area (Å²) < 4.78 is 11.1. The molecular weight excluding hydrogens is 354 g/mol. The molecule has 2 aliphatic rings. The lowest BCUT2D eigenvalue weighted by Gasteiger charge is -2.32. The molecule has 0 N–H and O–H groups in total. The summed E-state index contributed by atoms with van der Waals surface area (Å²) in [5.41, 5.74) is 4.02. The van der Waals surface area contributed by atoms with Crippen molar-refractivity contribution in [2.75, 3.05) is 18.1 Å². The fraction of sp³-hybridized carbons (Fsp3) is 0.304. The van der Waals surface area contributed by atoms with Crippen molar-refractivity contribution in [2.24, 2.45) is 0 Å². The molecule has 0 fully saturated rings. The zero-order valence-corrected chi connectivity index (χ0v) is 16.1. The number of hydrogen-bond donors (Lipinski definition) is 0. The van der Waals surface area contributed by atoms with Crippen molar-refractivity contribution in [1.29, 1.82) is 0 Å². The molecule has 0 saturated carbocycles. The van der Waals surface area contributed by atoms with Gasteiger partial charge in [0.1, 0.15) is 12.4 Å². The fourth-order valence-electron chi connectivity index (χ4n) is 3.96. The molecule has 5 nitrogen and oxygen atoms in total. The Bertz CT molecular complexity index is 945. The first-order chi connectivity index (χ1) is 13.6. The number of carbonyl (C=O) groups is 2. The molecule has 4 rings (SSSR count). The van der Waals surface area contributed by atoms with Gasteiger partial charge in [-0.1, -0.05) is 37.3 Å². The SMILES string of the molecule is CCOc1ccccc1C1CC(=O)N(c2ccc(CC)cc2)C2=C1C(=O)OC2. The predicted octanol–water partition coefficient (Wildman–Crippen LogP) is 3.98. The van der Waals surface area contributed by atoms with E-state index in [0.717, 1.165) is 17.7 Å². The summed E-state index contributed by atoms with van der Waals surface area (Å²) in [6, 6.07) is 15.5. The Morgan fingerprint density at radius 2 is 1.82 bits per heavy atom. The molecule has 5 heteroatoms. The molecule has 0 saturated heterocycles. The minimum Gasteiger partial charge on any atom is -0.494 e. The Labute approximate surface area is 164 Å². The quantitative estimate of drug-likeness (QED) is 0.740. The summed E-state index contributed by atoms with van der Waals surface area (Å²) in [7, 11) is 0. The molecule has 28 heavy (non-hydrogen) atoms. The lowest BCUT2D eigenvalue weighted by Crippen LogP contribution is -2.37. The molecule has 0 spiro atoms. The number of cyclic esters (lactones) is 1. The topological polar surface area (TPSA) is 55.8 Å². The summed E-state index contributed by atoms with van der Waals surface area (Å²) in [5.74, 6) is -0.0481. The van der Waals surface area contributed by atoms with Crippen molar-refractivity contribution < 1.29 is 19.1 Å². The highest BCUT2D eigenvalue weighted by Gasteiger charge is 2.43. The maximum atomic E-state index is 13.1. The Hall–Kier alpha value is -3.08. The zero-order valence-electron chi connectivity index (χ0n) is 16.1. The van der Waals surface area contributed by atoms with Crippen LogP contribution in [0.4, 0.5) is 5.69 Å². The first-order valence-corrected chi connectivity index (χ1v) is 9.67. The number of para-hydroxylation sites is 1. The van der Waals surface area contributed by atoms with Crippen LogP contribution in [0.5, 0.6) is 5.75 Å². The molecule has 144 valence electrons. The number of carbonyl (C=O) groups excluding carboxylic acids is 2. The number of hydrogen-bond acceptors (Lipinski definition) is 4. The third kappa shape index (κ3) is 3.07. The van der Waals surface area contributed by atoms with E-state index in [1.54, 1.807) is 4.90 Å². The van der Waals surface area contributed by atoms with Crippen LogP contribution in [-0.2, 0) is 20.7 Å². The summed E-state index contributed by atoms with van der Waals surface area (Å²) in [6.45, 7) is 4.64. The molecule has 1 unspecified atom stereocenters. The number of rotatable bonds is 5. The first kappa shape index (κ1) is 18.3. The van der Waals surface area contributed by atoms with Crippen LogP contribution in [0.2, 0.25) is 0 Å². The average molecular weight is 377 g/mol. The number of amides is 1. The van der Waals surface area contributed by atoms with Gasteiger partial charge in [0.15, 0.2) is 0 Å². The van der Waals surface area contributed by atoms with Gasteiger partial charge in [-0.05, 0) is 37.1 Å². The van der Waals surface area contributed by atoms with Crippen LogP contribution in [0.15, 0.2) is 59.8 Å². The first-order valence-electron chi connectivity index (χ1n) is 9.67. The minimum atomic E-state index is -0.355.